The van der Waals surface area contributed by atoms with Gasteiger partial charge in [-0.05, 0) is 41.5 Å². The average Bonchev–Trinajstić information content (AvgIpc) is 2.79. The van der Waals surface area contributed by atoms with E-state index in [2.05, 4.69) is 15.1 Å². The Labute approximate surface area is 212 Å². The molecule has 0 saturated carbocycles. The van der Waals surface area contributed by atoms with Gasteiger partial charge >= 0.3 is 5.69 Å². The molecule has 2 aromatic carbocycles. The number of H-pyrrole nitrogens is 1. The van der Waals surface area contributed by atoms with Crippen LogP contribution in [0.5, 0.6) is 0 Å². The lowest BCUT2D eigenvalue weighted by molar-refractivity contribution is 0.749. The summed E-state index contributed by atoms with van der Waals surface area (Å²) in [7, 11) is 0. The van der Waals surface area contributed by atoms with Crippen molar-refractivity contribution in [1.29, 1.82) is 0 Å². The molecule has 1 N–H and O–H groups in total. The normalized spacial score (nSPS) is 12.0. The second-order valence-electron chi connectivity index (χ2n) is 6.82. The molecule has 0 fully saturated rings. The highest BCUT2D eigenvalue weighted by atomic mass is 35.5. The Morgan fingerprint density at radius 2 is 1.73 bits per heavy atom. The van der Waals surface area contributed by atoms with Crippen molar-refractivity contribution in [3.05, 3.63) is 114 Å². The van der Waals surface area contributed by atoms with Crippen LogP contribution in [0.15, 0.2) is 75.5 Å². The molecule has 0 aliphatic heterocycles. The molecular formula is C22H14Cl4N4O2S. The van der Waals surface area contributed by atoms with Crippen molar-refractivity contribution in [1.82, 2.24) is 19.7 Å². The Kier molecular flexibility index (Phi) is 7.46. The lowest BCUT2D eigenvalue weighted by Crippen LogP contribution is -2.30. The summed E-state index contributed by atoms with van der Waals surface area (Å²) in [5.41, 5.74) is 1.40. The van der Waals surface area contributed by atoms with Gasteiger partial charge in [0, 0.05) is 26.8 Å². The minimum Gasteiger partial charge on any atom is -0.271 e. The number of hydrogen-bond donors (Lipinski definition) is 1. The number of halogens is 4. The quantitative estimate of drug-likeness (QED) is 0.244. The number of rotatable bonds is 6. The first-order valence-corrected chi connectivity index (χ1v) is 12.0. The second-order valence-corrected chi connectivity index (χ2v) is 9.44. The summed E-state index contributed by atoms with van der Waals surface area (Å²) in [6.45, 7) is 0. The molecule has 0 spiro atoms. The number of aromatic nitrogens is 4. The van der Waals surface area contributed by atoms with E-state index < -0.39 is 11.2 Å². The largest absolute Gasteiger partial charge is 0.349 e. The predicted molar refractivity (Wildman–Crippen MR) is 133 cm³/mol. The second kappa shape index (κ2) is 10.3. The third-order valence-corrected chi connectivity index (χ3v) is 7.18. The van der Waals surface area contributed by atoms with Crippen molar-refractivity contribution < 1.29 is 0 Å². The molecule has 0 saturated heterocycles. The summed E-state index contributed by atoms with van der Waals surface area (Å²) in [5, 5.41) is 5.47. The number of alkyl halides is 1. The number of pyridine rings is 1. The van der Waals surface area contributed by atoms with Gasteiger partial charge in [-0.25, -0.2) is 9.78 Å². The topological polar surface area (TPSA) is 80.6 Å². The summed E-state index contributed by atoms with van der Waals surface area (Å²) in [6, 6.07) is 14.2. The van der Waals surface area contributed by atoms with E-state index in [0.29, 0.717) is 32.2 Å². The van der Waals surface area contributed by atoms with Crippen molar-refractivity contribution in [2.45, 2.75) is 16.2 Å². The fourth-order valence-corrected chi connectivity index (χ4v) is 5.70. The van der Waals surface area contributed by atoms with E-state index >= 15 is 0 Å². The Morgan fingerprint density at radius 3 is 2.36 bits per heavy atom. The van der Waals surface area contributed by atoms with Crippen LogP contribution in [-0.4, -0.2) is 19.7 Å². The van der Waals surface area contributed by atoms with Gasteiger partial charge in [-0.2, -0.15) is 9.78 Å². The van der Waals surface area contributed by atoms with Crippen molar-refractivity contribution >= 4 is 58.2 Å². The molecule has 33 heavy (non-hydrogen) atoms. The highest BCUT2D eigenvalue weighted by Gasteiger charge is 2.24. The third kappa shape index (κ3) is 5.28. The van der Waals surface area contributed by atoms with E-state index in [-0.39, 0.29) is 5.25 Å². The third-order valence-electron chi connectivity index (χ3n) is 4.68. The van der Waals surface area contributed by atoms with E-state index in [4.69, 9.17) is 46.4 Å². The molecule has 4 aromatic rings. The summed E-state index contributed by atoms with van der Waals surface area (Å²) < 4.78 is 1.01. The smallest absolute Gasteiger partial charge is 0.271 e. The number of nitrogens with zero attached hydrogens (tertiary/aromatic N) is 3. The monoisotopic (exact) mass is 538 g/mol. The van der Waals surface area contributed by atoms with Crippen LogP contribution in [0.1, 0.15) is 21.9 Å². The predicted octanol–water partition coefficient (Wildman–Crippen LogP) is 5.90. The molecule has 0 amide bonds. The molecule has 1 unspecified atom stereocenters. The molecule has 11 heteroatoms. The Bertz CT molecular complexity index is 1400. The van der Waals surface area contributed by atoms with Crippen molar-refractivity contribution in [3.8, 4) is 5.69 Å². The fraction of sp³-hybridized carbons (Fsp3) is 0.0909. The Balaban J connectivity index is 1.85. The fourth-order valence-electron chi connectivity index (χ4n) is 3.16. The molecule has 0 radical (unpaired) electrons. The molecule has 2 aromatic heterocycles. The van der Waals surface area contributed by atoms with Crippen LogP contribution in [0, 0.1) is 0 Å². The first-order chi connectivity index (χ1) is 15.9. The first kappa shape index (κ1) is 23.9. The molecule has 4 rings (SSSR count). The maximum absolute atomic E-state index is 12.2. The van der Waals surface area contributed by atoms with Crippen molar-refractivity contribution in [2.24, 2.45) is 0 Å². The zero-order chi connectivity index (χ0) is 23.5. The van der Waals surface area contributed by atoms with Crippen molar-refractivity contribution in [2.75, 3.05) is 0 Å². The van der Waals surface area contributed by atoms with Crippen molar-refractivity contribution in [3.63, 3.8) is 0 Å². The summed E-state index contributed by atoms with van der Waals surface area (Å²) in [6.07, 6.45) is 2.69. The minimum atomic E-state index is -0.703. The van der Waals surface area contributed by atoms with Gasteiger partial charge in [0.05, 0.1) is 16.8 Å². The molecule has 2 heterocycles. The van der Waals surface area contributed by atoms with Crippen LogP contribution >= 0.6 is 58.2 Å². The lowest BCUT2D eigenvalue weighted by Gasteiger charge is -2.21. The van der Waals surface area contributed by atoms with E-state index in [1.54, 1.807) is 30.5 Å². The van der Waals surface area contributed by atoms with Gasteiger partial charge in [0.1, 0.15) is 11.2 Å². The van der Waals surface area contributed by atoms with Gasteiger partial charge in [0.15, 0.2) is 0 Å². The number of benzene rings is 2. The summed E-state index contributed by atoms with van der Waals surface area (Å²) in [4.78, 5) is 30.2. The maximum atomic E-state index is 12.2. The van der Waals surface area contributed by atoms with Crippen LogP contribution in [0.25, 0.3) is 5.69 Å². The standard InChI is InChI=1S/C22H14Cl4N4O2S/c23-10-13-2-1-7-27-21(13)33-20(12-3-5-14(24)6-4-12)19-16(25)8-15(9-17(19)26)30-22(32)29-18(31)11-28-30/h1-9,11,20H,10H2,(H,29,31,32). The van der Waals surface area contributed by atoms with Gasteiger partial charge in [0.2, 0.25) is 0 Å². The average molecular weight is 540 g/mol. The van der Waals surface area contributed by atoms with Crippen LogP contribution < -0.4 is 11.2 Å². The SMILES string of the molecule is O=c1cnn(-c2cc(Cl)c(C(Sc3ncccc3CCl)c3ccc(Cl)cc3)c(Cl)c2)c(=O)[nH]1. The Hall–Kier alpha value is -2.29. The zero-order valence-corrected chi connectivity index (χ0v) is 20.5. The van der Waals surface area contributed by atoms with Crippen LogP contribution in [-0.2, 0) is 5.88 Å². The maximum Gasteiger partial charge on any atom is 0.349 e. The molecule has 0 aliphatic rings. The zero-order valence-electron chi connectivity index (χ0n) is 16.6. The van der Waals surface area contributed by atoms with Gasteiger partial charge in [-0.1, -0.05) is 64.8 Å². The van der Waals surface area contributed by atoms with Gasteiger partial charge in [-0.15, -0.1) is 11.6 Å². The number of hydrogen-bond acceptors (Lipinski definition) is 5. The van der Waals surface area contributed by atoms with Gasteiger partial charge in [-0.3, -0.25) is 9.78 Å². The van der Waals surface area contributed by atoms with Crippen LogP contribution in [0.2, 0.25) is 15.1 Å². The van der Waals surface area contributed by atoms with E-state index in [1.165, 1.54) is 11.8 Å². The molecule has 0 bridgehead atoms. The molecule has 0 aliphatic carbocycles. The van der Waals surface area contributed by atoms with Crippen LogP contribution in [0.3, 0.4) is 0 Å². The highest BCUT2D eigenvalue weighted by Crippen LogP contribution is 2.47. The van der Waals surface area contributed by atoms with E-state index in [9.17, 15) is 9.59 Å². The molecule has 168 valence electrons. The molecular weight excluding hydrogens is 526 g/mol. The minimum absolute atomic E-state index is 0.296. The van der Waals surface area contributed by atoms with E-state index in [0.717, 1.165) is 27.0 Å². The highest BCUT2D eigenvalue weighted by molar-refractivity contribution is 7.99. The Morgan fingerprint density at radius 1 is 1.03 bits per heavy atom. The molecule has 6 nitrogen and oxygen atoms in total. The molecule has 1 atom stereocenters. The van der Waals surface area contributed by atoms with Gasteiger partial charge < -0.3 is 0 Å². The summed E-state index contributed by atoms with van der Waals surface area (Å²) in [5.74, 6) is 0.296. The lowest BCUT2D eigenvalue weighted by atomic mass is 10.0. The van der Waals surface area contributed by atoms with E-state index in [1.807, 2.05) is 24.3 Å². The number of nitrogens with one attached hydrogen (secondary N) is 1. The summed E-state index contributed by atoms with van der Waals surface area (Å²) >= 11 is 27.1. The van der Waals surface area contributed by atoms with Crippen LogP contribution in [0.4, 0.5) is 0 Å². The number of thioether (sulfide) groups is 1. The van der Waals surface area contributed by atoms with Gasteiger partial charge in [0.25, 0.3) is 5.56 Å². The number of aromatic amines is 1. The first-order valence-electron chi connectivity index (χ1n) is 9.47.